The molecule has 0 unspecified atom stereocenters. The Morgan fingerprint density at radius 1 is 1.25 bits per heavy atom. The first-order valence-electron chi connectivity index (χ1n) is 5.05. The highest BCUT2D eigenvalue weighted by molar-refractivity contribution is 6.45. The van der Waals surface area contributed by atoms with Gasteiger partial charge in [0.25, 0.3) is 0 Å². The number of fused-ring (bicyclic) bond motifs is 1. The van der Waals surface area contributed by atoms with Crippen molar-refractivity contribution in [3.8, 4) is 0 Å². The van der Waals surface area contributed by atoms with Gasteiger partial charge >= 0.3 is 0 Å². The number of nitrogens with zero attached hydrogens (tertiary/aromatic N) is 1. The Hall–Kier alpha value is -0.990. The molecule has 2 aromatic rings. The second-order valence-electron chi connectivity index (χ2n) is 4.05. The Kier molecular flexibility index (Phi) is 2.96. The monoisotopic (exact) mass is 254 g/mol. The molecule has 16 heavy (non-hydrogen) atoms. The third-order valence-electron chi connectivity index (χ3n) is 2.52. The molecule has 84 valence electrons. The van der Waals surface area contributed by atoms with Crippen LogP contribution in [0.4, 0.5) is 5.69 Å². The maximum absolute atomic E-state index is 6.12. The van der Waals surface area contributed by atoms with Crippen LogP contribution in [0.5, 0.6) is 0 Å². The molecule has 4 heteroatoms. The van der Waals surface area contributed by atoms with Crippen LogP contribution in [-0.4, -0.2) is 4.98 Å². The predicted molar refractivity (Wildman–Crippen MR) is 70.3 cm³/mol. The summed E-state index contributed by atoms with van der Waals surface area (Å²) < 4.78 is 0. The van der Waals surface area contributed by atoms with E-state index in [9.17, 15) is 0 Å². The first kappa shape index (κ1) is 11.5. The Morgan fingerprint density at radius 2 is 1.94 bits per heavy atom. The zero-order valence-corrected chi connectivity index (χ0v) is 10.6. The van der Waals surface area contributed by atoms with Crippen LogP contribution in [0.3, 0.4) is 0 Å². The van der Waals surface area contributed by atoms with Crippen LogP contribution in [0.15, 0.2) is 18.2 Å². The minimum atomic E-state index is 0.307. The van der Waals surface area contributed by atoms with Crippen molar-refractivity contribution >= 4 is 39.8 Å². The highest BCUT2D eigenvalue weighted by Gasteiger charge is 2.11. The number of anilines is 1. The Labute approximate surface area is 104 Å². The van der Waals surface area contributed by atoms with Gasteiger partial charge in [-0.2, -0.15) is 0 Å². The summed E-state index contributed by atoms with van der Waals surface area (Å²) in [5.41, 5.74) is 8.26. The lowest BCUT2D eigenvalue weighted by atomic mass is 10.1. The number of hydrogen-bond donors (Lipinski definition) is 1. The van der Waals surface area contributed by atoms with Crippen LogP contribution in [0, 0.1) is 0 Å². The molecule has 0 aliphatic heterocycles. The van der Waals surface area contributed by atoms with Crippen LogP contribution in [0.1, 0.15) is 25.5 Å². The van der Waals surface area contributed by atoms with Crippen molar-refractivity contribution in [2.75, 3.05) is 5.73 Å². The smallest absolute Gasteiger partial charge is 0.0927 e. The van der Waals surface area contributed by atoms with Gasteiger partial charge in [-0.1, -0.05) is 37.0 Å². The summed E-state index contributed by atoms with van der Waals surface area (Å²) in [6.07, 6.45) is 0. The fraction of sp³-hybridized carbons (Fsp3) is 0.250. The van der Waals surface area contributed by atoms with Crippen LogP contribution in [0.2, 0.25) is 10.0 Å². The predicted octanol–water partition coefficient (Wildman–Crippen LogP) is 4.25. The van der Waals surface area contributed by atoms with Gasteiger partial charge in [0.15, 0.2) is 0 Å². The van der Waals surface area contributed by atoms with Gasteiger partial charge < -0.3 is 5.73 Å². The summed E-state index contributed by atoms with van der Waals surface area (Å²) in [5, 5.41) is 1.81. The Bertz CT molecular complexity index is 550. The number of aromatic nitrogens is 1. The summed E-state index contributed by atoms with van der Waals surface area (Å²) in [6, 6.07) is 5.46. The summed E-state index contributed by atoms with van der Waals surface area (Å²) in [6.45, 7) is 4.12. The zero-order valence-electron chi connectivity index (χ0n) is 9.09. The van der Waals surface area contributed by atoms with Crippen molar-refractivity contribution in [1.29, 1.82) is 0 Å². The van der Waals surface area contributed by atoms with E-state index >= 15 is 0 Å². The Balaban J connectivity index is 2.83. The van der Waals surface area contributed by atoms with Crippen molar-refractivity contribution < 1.29 is 0 Å². The largest absolute Gasteiger partial charge is 0.398 e. The molecule has 0 bridgehead atoms. The first-order valence-corrected chi connectivity index (χ1v) is 5.80. The molecule has 0 saturated heterocycles. The number of pyridine rings is 1. The van der Waals surface area contributed by atoms with Crippen molar-refractivity contribution in [3.63, 3.8) is 0 Å². The SMILES string of the molecule is CC(C)c1cc(N)c2ccc(Cl)c(Cl)c2n1. The average Bonchev–Trinajstić information content (AvgIpc) is 2.23. The molecule has 2 nitrogen and oxygen atoms in total. The van der Waals surface area contributed by atoms with E-state index in [0.717, 1.165) is 11.1 Å². The number of benzene rings is 1. The number of nitrogen functional groups attached to an aromatic ring is 1. The molecule has 0 amide bonds. The van der Waals surface area contributed by atoms with E-state index < -0.39 is 0 Å². The molecule has 1 heterocycles. The highest BCUT2D eigenvalue weighted by atomic mass is 35.5. The lowest BCUT2D eigenvalue weighted by Crippen LogP contribution is -1.98. The Morgan fingerprint density at radius 3 is 2.56 bits per heavy atom. The maximum Gasteiger partial charge on any atom is 0.0927 e. The van der Waals surface area contributed by atoms with Crippen molar-refractivity contribution in [2.45, 2.75) is 19.8 Å². The van der Waals surface area contributed by atoms with Gasteiger partial charge in [-0.15, -0.1) is 0 Å². The quantitative estimate of drug-likeness (QED) is 0.827. The van der Waals surface area contributed by atoms with Gasteiger partial charge in [0.2, 0.25) is 0 Å². The molecule has 2 rings (SSSR count). The van der Waals surface area contributed by atoms with Crippen molar-refractivity contribution in [2.24, 2.45) is 0 Å². The van der Waals surface area contributed by atoms with E-state index in [1.54, 1.807) is 6.07 Å². The molecule has 1 aromatic heterocycles. The van der Waals surface area contributed by atoms with E-state index in [1.807, 2.05) is 12.1 Å². The zero-order chi connectivity index (χ0) is 11.9. The molecular weight excluding hydrogens is 243 g/mol. The molecule has 0 atom stereocenters. The average molecular weight is 255 g/mol. The number of rotatable bonds is 1. The summed E-state index contributed by atoms with van der Waals surface area (Å²) >= 11 is 12.1. The number of nitrogens with two attached hydrogens (primary N) is 1. The van der Waals surface area contributed by atoms with E-state index in [1.165, 1.54) is 0 Å². The second-order valence-corrected chi connectivity index (χ2v) is 4.83. The van der Waals surface area contributed by atoms with Crippen LogP contribution >= 0.6 is 23.2 Å². The summed E-state index contributed by atoms with van der Waals surface area (Å²) in [4.78, 5) is 4.50. The third-order valence-corrected chi connectivity index (χ3v) is 3.31. The van der Waals surface area contributed by atoms with Gasteiger partial charge in [0.05, 0.1) is 15.6 Å². The van der Waals surface area contributed by atoms with E-state index in [4.69, 9.17) is 28.9 Å². The third kappa shape index (κ3) is 1.83. The molecule has 0 fully saturated rings. The van der Waals surface area contributed by atoms with Crippen molar-refractivity contribution in [1.82, 2.24) is 4.98 Å². The summed E-state index contributed by atoms with van der Waals surface area (Å²) in [7, 11) is 0. The standard InChI is InChI=1S/C12H12Cl2N2/c1-6(2)10-5-9(15)7-3-4-8(13)11(14)12(7)16-10/h3-6H,1-2H3,(H2,15,16). The first-order chi connectivity index (χ1) is 7.50. The minimum absolute atomic E-state index is 0.307. The van der Waals surface area contributed by atoms with E-state index in [2.05, 4.69) is 18.8 Å². The van der Waals surface area contributed by atoms with Gasteiger partial charge in [-0.25, -0.2) is 0 Å². The van der Waals surface area contributed by atoms with E-state index in [0.29, 0.717) is 27.2 Å². The van der Waals surface area contributed by atoms with Crippen LogP contribution < -0.4 is 5.73 Å². The molecule has 1 aromatic carbocycles. The second kappa shape index (κ2) is 4.11. The minimum Gasteiger partial charge on any atom is -0.398 e. The van der Waals surface area contributed by atoms with E-state index in [-0.39, 0.29) is 0 Å². The molecular formula is C12H12Cl2N2. The summed E-state index contributed by atoms with van der Waals surface area (Å²) in [5.74, 6) is 0.307. The van der Waals surface area contributed by atoms with Crippen LogP contribution in [-0.2, 0) is 0 Å². The maximum atomic E-state index is 6.12. The highest BCUT2D eigenvalue weighted by Crippen LogP contribution is 2.33. The lowest BCUT2D eigenvalue weighted by molar-refractivity contribution is 0.830. The number of halogens is 2. The normalized spacial score (nSPS) is 11.3. The topological polar surface area (TPSA) is 38.9 Å². The van der Waals surface area contributed by atoms with Crippen LogP contribution in [0.25, 0.3) is 10.9 Å². The number of hydrogen-bond acceptors (Lipinski definition) is 2. The molecule has 0 radical (unpaired) electrons. The van der Waals surface area contributed by atoms with Gasteiger partial charge in [-0.3, -0.25) is 4.98 Å². The molecule has 0 spiro atoms. The fourth-order valence-electron chi connectivity index (χ4n) is 1.58. The fourth-order valence-corrected chi connectivity index (χ4v) is 1.94. The van der Waals surface area contributed by atoms with Gasteiger partial charge in [0.1, 0.15) is 0 Å². The molecule has 0 aliphatic carbocycles. The molecule has 2 N–H and O–H groups in total. The lowest BCUT2D eigenvalue weighted by Gasteiger charge is -2.10. The molecule has 0 aliphatic rings. The molecule has 0 saturated carbocycles. The van der Waals surface area contributed by atoms with Gasteiger partial charge in [0, 0.05) is 16.8 Å². The van der Waals surface area contributed by atoms with Crippen molar-refractivity contribution in [3.05, 3.63) is 33.9 Å². The van der Waals surface area contributed by atoms with Gasteiger partial charge in [-0.05, 0) is 24.1 Å².